The molecule has 0 aromatic heterocycles. The molecule has 0 unspecified atom stereocenters. The number of ketones is 1. The SMILES string of the molecule is O=C(COC(=O)[C@H](Cc1ccccc1)NS(=O)(=O)c1ccccc1F)c1ccc2c(c1)CCO2. The molecule has 0 saturated carbocycles. The molecule has 0 spiro atoms. The molecule has 34 heavy (non-hydrogen) atoms. The summed E-state index contributed by atoms with van der Waals surface area (Å²) >= 11 is 0. The minimum absolute atomic E-state index is 0.0439. The summed E-state index contributed by atoms with van der Waals surface area (Å²) in [5.74, 6) is -1.60. The summed E-state index contributed by atoms with van der Waals surface area (Å²) in [6.45, 7) is -0.0174. The van der Waals surface area contributed by atoms with E-state index in [9.17, 15) is 22.4 Å². The first kappa shape index (κ1) is 23.6. The van der Waals surface area contributed by atoms with Gasteiger partial charge in [0, 0.05) is 12.0 Å². The molecule has 3 aromatic rings. The van der Waals surface area contributed by atoms with Crippen LogP contribution < -0.4 is 9.46 Å². The standard InChI is InChI=1S/C25H22FNO6S/c26-20-8-4-5-9-24(20)34(30,31)27-21(14-17-6-2-1-3-7-17)25(29)33-16-22(28)18-10-11-23-19(15-18)12-13-32-23/h1-11,15,21,27H,12-14,16H2/t21-/m0/s1. The summed E-state index contributed by atoms with van der Waals surface area (Å²) in [6.07, 6.45) is 0.644. The number of nitrogens with one attached hydrogen (secondary N) is 1. The third kappa shape index (κ3) is 5.49. The Morgan fingerprint density at radius 2 is 1.76 bits per heavy atom. The molecule has 1 N–H and O–H groups in total. The van der Waals surface area contributed by atoms with Gasteiger partial charge in [-0.15, -0.1) is 0 Å². The number of carbonyl (C=O) groups excluding carboxylic acids is 2. The number of halogens is 1. The summed E-state index contributed by atoms with van der Waals surface area (Å²) in [6, 6.07) is 17.2. The fourth-order valence-corrected chi connectivity index (χ4v) is 4.88. The van der Waals surface area contributed by atoms with Crippen molar-refractivity contribution in [2.75, 3.05) is 13.2 Å². The van der Waals surface area contributed by atoms with E-state index in [0.29, 0.717) is 24.2 Å². The van der Waals surface area contributed by atoms with Crippen molar-refractivity contribution < 1.29 is 31.9 Å². The molecule has 0 saturated heterocycles. The van der Waals surface area contributed by atoms with E-state index in [1.807, 2.05) is 0 Å². The van der Waals surface area contributed by atoms with Crippen LogP contribution in [0.4, 0.5) is 4.39 Å². The van der Waals surface area contributed by atoms with Gasteiger partial charge in [-0.3, -0.25) is 9.59 Å². The summed E-state index contributed by atoms with van der Waals surface area (Å²) < 4.78 is 52.5. The molecule has 1 heterocycles. The number of hydrogen-bond donors (Lipinski definition) is 1. The monoisotopic (exact) mass is 483 g/mol. The predicted molar refractivity (Wildman–Crippen MR) is 122 cm³/mol. The maximum atomic E-state index is 14.1. The second-order valence-corrected chi connectivity index (χ2v) is 9.43. The Morgan fingerprint density at radius 1 is 1.03 bits per heavy atom. The largest absolute Gasteiger partial charge is 0.493 e. The van der Waals surface area contributed by atoms with Gasteiger partial charge in [0.25, 0.3) is 0 Å². The first-order valence-corrected chi connectivity index (χ1v) is 12.1. The Hall–Kier alpha value is -3.56. The number of benzene rings is 3. The highest BCUT2D eigenvalue weighted by Gasteiger charge is 2.29. The molecule has 1 atom stereocenters. The minimum Gasteiger partial charge on any atom is -0.493 e. The Balaban J connectivity index is 1.49. The van der Waals surface area contributed by atoms with Gasteiger partial charge < -0.3 is 9.47 Å². The van der Waals surface area contributed by atoms with E-state index in [4.69, 9.17) is 9.47 Å². The molecule has 1 aliphatic rings. The molecular weight excluding hydrogens is 461 g/mol. The lowest BCUT2D eigenvalue weighted by Gasteiger charge is -2.18. The second-order valence-electron chi connectivity index (χ2n) is 7.75. The highest BCUT2D eigenvalue weighted by atomic mass is 32.2. The van der Waals surface area contributed by atoms with Gasteiger partial charge >= 0.3 is 5.97 Å². The van der Waals surface area contributed by atoms with Crippen molar-refractivity contribution in [1.82, 2.24) is 4.72 Å². The fraction of sp³-hybridized carbons (Fsp3) is 0.200. The van der Waals surface area contributed by atoms with Crippen LogP contribution in [-0.4, -0.2) is 39.4 Å². The molecule has 0 amide bonds. The molecule has 0 bridgehead atoms. The molecule has 176 valence electrons. The lowest BCUT2D eigenvalue weighted by atomic mass is 10.1. The highest BCUT2D eigenvalue weighted by Crippen LogP contribution is 2.26. The van der Waals surface area contributed by atoms with Crippen molar-refractivity contribution in [2.45, 2.75) is 23.8 Å². The Bertz CT molecular complexity index is 1310. The highest BCUT2D eigenvalue weighted by molar-refractivity contribution is 7.89. The van der Waals surface area contributed by atoms with Gasteiger partial charge in [-0.05, 0) is 47.9 Å². The summed E-state index contributed by atoms with van der Waals surface area (Å²) in [5, 5.41) is 0. The number of carbonyl (C=O) groups is 2. The van der Waals surface area contributed by atoms with Crippen molar-refractivity contribution in [1.29, 1.82) is 0 Å². The molecule has 0 radical (unpaired) electrons. The molecular formula is C25H22FNO6S. The van der Waals surface area contributed by atoms with Gasteiger partial charge in [0.1, 0.15) is 22.5 Å². The molecule has 1 aliphatic heterocycles. The van der Waals surface area contributed by atoms with E-state index < -0.39 is 45.1 Å². The maximum absolute atomic E-state index is 14.1. The maximum Gasteiger partial charge on any atom is 0.324 e. The van der Waals surface area contributed by atoms with E-state index in [2.05, 4.69) is 4.72 Å². The van der Waals surface area contributed by atoms with Crippen LogP contribution in [-0.2, 0) is 32.4 Å². The number of esters is 1. The summed E-state index contributed by atoms with van der Waals surface area (Å²) in [7, 11) is -4.38. The van der Waals surface area contributed by atoms with Crippen LogP contribution in [0.1, 0.15) is 21.5 Å². The van der Waals surface area contributed by atoms with Crippen LogP contribution in [0.25, 0.3) is 0 Å². The minimum atomic E-state index is -4.38. The third-order valence-corrected chi connectivity index (χ3v) is 6.85. The van der Waals surface area contributed by atoms with Gasteiger partial charge in [-0.2, -0.15) is 4.72 Å². The fourth-order valence-electron chi connectivity index (χ4n) is 3.62. The van der Waals surface area contributed by atoms with Gasteiger partial charge in [0.05, 0.1) is 6.61 Å². The van der Waals surface area contributed by atoms with E-state index in [1.54, 1.807) is 48.5 Å². The number of sulfonamides is 1. The summed E-state index contributed by atoms with van der Waals surface area (Å²) in [5.41, 5.74) is 1.92. The Morgan fingerprint density at radius 3 is 2.53 bits per heavy atom. The normalized spacial score (nSPS) is 13.6. The first-order chi connectivity index (χ1) is 16.3. The summed E-state index contributed by atoms with van der Waals surface area (Å²) in [4.78, 5) is 24.8. The first-order valence-electron chi connectivity index (χ1n) is 10.6. The van der Waals surface area contributed by atoms with E-state index in [-0.39, 0.29) is 6.42 Å². The number of Topliss-reactive ketones (excluding diaryl/α,β-unsaturated/α-hetero) is 1. The Kier molecular flexibility index (Phi) is 7.04. The molecule has 4 rings (SSSR count). The van der Waals surface area contributed by atoms with Crippen LogP contribution >= 0.6 is 0 Å². The second kappa shape index (κ2) is 10.1. The molecule has 7 nitrogen and oxygen atoms in total. The predicted octanol–water partition coefficient (Wildman–Crippen LogP) is 3.08. The number of fused-ring (bicyclic) bond motifs is 1. The van der Waals surface area contributed by atoms with Crippen molar-refractivity contribution in [3.05, 3.63) is 95.3 Å². The van der Waals surface area contributed by atoms with Crippen LogP contribution in [0.3, 0.4) is 0 Å². The molecule has 3 aromatic carbocycles. The quantitative estimate of drug-likeness (QED) is 0.371. The van der Waals surface area contributed by atoms with Gasteiger partial charge in [-0.25, -0.2) is 12.8 Å². The average Bonchev–Trinajstić information content (AvgIpc) is 3.30. The van der Waals surface area contributed by atoms with E-state index >= 15 is 0 Å². The van der Waals surface area contributed by atoms with Crippen molar-refractivity contribution in [3.8, 4) is 5.75 Å². The molecule has 0 fully saturated rings. The zero-order valence-electron chi connectivity index (χ0n) is 18.1. The number of rotatable bonds is 9. The Labute approximate surface area is 196 Å². The van der Waals surface area contributed by atoms with Gasteiger partial charge in [-0.1, -0.05) is 42.5 Å². The van der Waals surface area contributed by atoms with Crippen LogP contribution in [0.5, 0.6) is 5.75 Å². The van der Waals surface area contributed by atoms with Crippen molar-refractivity contribution in [2.24, 2.45) is 0 Å². The van der Waals surface area contributed by atoms with Crippen LogP contribution in [0.2, 0.25) is 0 Å². The smallest absolute Gasteiger partial charge is 0.324 e. The van der Waals surface area contributed by atoms with Crippen LogP contribution in [0.15, 0.2) is 77.7 Å². The zero-order valence-corrected chi connectivity index (χ0v) is 18.9. The van der Waals surface area contributed by atoms with Gasteiger partial charge in [0.2, 0.25) is 10.0 Å². The lowest BCUT2D eigenvalue weighted by Crippen LogP contribution is -2.44. The van der Waals surface area contributed by atoms with E-state index in [1.165, 1.54) is 12.1 Å². The number of hydrogen-bond acceptors (Lipinski definition) is 6. The van der Waals surface area contributed by atoms with E-state index in [0.717, 1.165) is 23.4 Å². The van der Waals surface area contributed by atoms with Crippen molar-refractivity contribution >= 4 is 21.8 Å². The third-order valence-electron chi connectivity index (χ3n) is 5.35. The lowest BCUT2D eigenvalue weighted by molar-refractivity contribution is -0.144. The zero-order chi connectivity index (χ0) is 24.1. The van der Waals surface area contributed by atoms with Crippen LogP contribution in [0, 0.1) is 5.82 Å². The number of ether oxygens (including phenoxy) is 2. The molecule has 9 heteroatoms. The molecule has 0 aliphatic carbocycles. The van der Waals surface area contributed by atoms with Crippen molar-refractivity contribution in [3.63, 3.8) is 0 Å². The topological polar surface area (TPSA) is 98.8 Å². The average molecular weight is 484 g/mol. The van der Waals surface area contributed by atoms with Gasteiger partial charge in [0.15, 0.2) is 12.4 Å².